The topological polar surface area (TPSA) is 114 Å². The van der Waals surface area contributed by atoms with Crippen molar-refractivity contribution in [3.63, 3.8) is 0 Å². The Hall–Kier alpha value is -3.97. The Morgan fingerprint density at radius 1 is 0.931 bits per heavy atom. The third-order valence-corrected chi connectivity index (χ3v) is 4.82. The maximum absolute atomic E-state index is 12.0. The summed E-state index contributed by atoms with van der Waals surface area (Å²) in [4.78, 5) is 23.0. The number of hydrogen-bond acceptors (Lipinski definition) is 5. The van der Waals surface area contributed by atoms with E-state index in [1.165, 1.54) is 30.3 Å². The number of nitrogens with zero attached hydrogens (tertiary/aromatic N) is 1. The first-order valence-electron chi connectivity index (χ1n) is 8.71. The Morgan fingerprint density at radius 2 is 1.55 bits per heavy atom. The highest BCUT2D eigenvalue weighted by atomic mass is 16.6. The van der Waals surface area contributed by atoms with E-state index < -0.39 is 22.4 Å². The van der Waals surface area contributed by atoms with E-state index in [1.807, 2.05) is 0 Å². The average molecular weight is 389 g/mol. The van der Waals surface area contributed by atoms with Crippen molar-refractivity contribution in [3.05, 3.63) is 100 Å². The van der Waals surface area contributed by atoms with Crippen molar-refractivity contribution in [2.45, 2.75) is 5.60 Å². The highest BCUT2D eigenvalue weighted by Gasteiger charge is 2.41. The molecule has 0 amide bonds. The number of carboxylic acid groups (broad SMARTS) is 1. The van der Waals surface area contributed by atoms with Gasteiger partial charge in [-0.3, -0.25) is 10.1 Å². The normalized spacial score (nSPS) is 13.1. The number of fused-ring (bicyclic) bond motifs is 1. The summed E-state index contributed by atoms with van der Waals surface area (Å²) in [6.45, 7) is 0. The lowest BCUT2D eigenvalue weighted by Gasteiger charge is -2.24. The van der Waals surface area contributed by atoms with Crippen LogP contribution in [0.4, 0.5) is 5.88 Å². The van der Waals surface area contributed by atoms with Gasteiger partial charge in [0.15, 0.2) is 0 Å². The molecular formula is C22H15NO6. The molecule has 0 fully saturated rings. The maximum Gasteiger partial charge on any atom is 0.442 e. The fraction of sp³-hybridized carbons (Fsp3) is 0.0455. The first kappa shape index (κ1) is 18.4. The van der Waals surface area contributed by atoms with Gasteiger partial charge >= 0.3 is 11.9 Å². The van der Waals surface area contributed by atoms with Crippen LogP contribution in [-0.4, -0.2) is 21.1 Å². The van der Waals surface area contributed by atoms with E-state index in [0.29, 0.717) is 10.9 Å². The molecule has 0 saturated heterocycles. The van der Waals surface area contributed by atoms with Crippen LogP contribution in [0, 0.1) is 10.1 Å². The molecule has 1 heterocycles. The van der Waals surface area contributed by atoms with Crippen LogP contribution < -0.4 is 0 Å². The number of carboxylic acids is 1. The van der Waals surface area contributed by atoms with Gasteiger partial charge in [-0.25, -0.2) is 4.79 Å². The fourth-order valence-corrected chi connectivity index (χ4v) is 3.42. The van der Waals surface area contributed by atoms with Gasteiger partial charge in [0, 0.05) is 10.9 Å². The summed E-state index contributed by atoms with van der Waals surface area (Å²) in [5, 5.41) is 32.8. The van der Waals surface area contributed by atoms with E-state index >= 15 is 0 Å². The van der Waals surface area contributed by atoms with Crippen molar-refractivity contribution in [1.29, 1.82) is 0 Å². The molecule has 2 N–H and O–H groups in total. The van der Waals surface area contributed by atoms with Crippen LogP contribution in [0.15, 0.2) is 83.3 Å². The Morgan fingerprint density at radius 3 is 2.14 bits per heavy atom. The smallest absolute Gasteiger partial charge is 0.442 e. The van der Waals surface area contributed by atoms with Crippen molar-refractivity contribution >= 4 is 22.8 Å². The van der Waals surface area contributed by atoms with E-state index in [2.05, 4.69) is 0 Å². The van der Waals surface area contributed by atoms with Crippen LogP contribution in [0.2, 0.25) is 0 Å². The molecule has 0 radical (unpaired) electrons. The van der Waals surface area contributed by atoms with Gasteiger partial charge in [-0.2, -0.15) is 0 Å². The summed E-state index contributed by atoms with van der Waals surface area (Å²) >= 11 is 0. The highest BCUT2D eigenvalue weighted by molar-refractivity contribution is 6.00. The second-order valence-corrected chi connectivity index (χ2v) is 6.50. The summed E-state index contributed by atoms with van der Waals surface area (Å²) < 4.78 is 5.42. The predicted molar refractivity (Wildman–Crippen MR) is 105 cm³/mol. The van der Waals surface area contributed by atoms with E-state index in [0.717, 1.165) is 0 Å². The van der Waals surface area contributed by atoms with Gasteiger partial charge < -0.3 is 14.6 Å². The number of rotatable bonds is 5. The van der Waals surface area contributed by atoms with Crippen molar-refractivity contribution in [1.82, 2.24) is 0 Å². The zero-order chi connectivity index (χ0) is 20.6. The molecule has 3 aromatic carbocycles. The number of benzene rings is 3. The summed E-state index contributed by atoms with van der Waals surface area (Å²) in [7, 11) is 0. The minimum Gasteiger partial charge on any atom is -0.479 e. The van der Waals surface area contributed by atoms with E-state index in [1.54, 1.807) is 48.5 Å². The van der Waals surface area contributed by atoms with Gasteiger partial charge in [0.05, 0.1) is 0 Å². The van der Waals surface area contributed by atoms with Crippen LogP contribution in [0.5, 0.6) is 0 Å². The third kappa shape index (κ3) is 2.94. The lowest BCUT2D eigenvalue weighted by molar-refractivity contribution is -0.400. The molecule has 0 spiro atoms. The van der Waals surface area contributed by atoms with Gasteiger partial charge in [0.25, 0.3) is 0 Å². The lowest BCUT2D eigenvalue weighted by Crippen LogP contribution is -2.36. The Labute approximate surface area is 164 Å². The van der Waals surface area contributed by atoms with Gasteiger partial charge in [0.2, 0.25) is 5.60 Å². The van der Waals surface area contributed by atoms with Crippen molar-refractivity contribution < 1.29 is 24.3 Å². The van der Waals surface area contributed by atoms with Crippen molar-refractivity contribution in [2.75, 3.05) is 0 Å². The minimum atomic E-state index is -2.32. The molecule has 144 valence electrons. The number of aliphatic carboxylic acids is 1. The fourth-order valence-electron chi connectivity index (χ4n) is 3.42. The summed E-state index contributed by atoms with van der Waals surface area (Å²) in [5.41, 5.74) is -1.08. The molecule has 0 aliphatic carbocycles. The highest BCUT2D eigenvalue weighted by Crippen LogP contribution is 2.42. The first-order valence-corrected chi connectivity index (χ1v) is 8.71. The second-order valence-electron chi connectivity index (χ2n) is 6.50. The maximum atomic E-state index is 12.0. The minimum absolute atomic E-state index is 0.0663. The number of aliphatic hydroxyl groups is 1. The van der Waals surface area contributed by atoms with Gasteiger partial charge in [-0.1, -0.05) is 66.7 Å². The molecule has 7 nitrogen and oxygen atoms in total. The largest absolute Gasteiger partial charge is 0.479 e. The van der Waals surface area contributed by atoms with E-state index in [4.69, 9.17) is 4.42 Å². The van der Waals surface area contributed by atoms with Crippen LogP contribution in [0.25, 0.3) is 22.1 Å². The zero-order valence-electron chi connectivity index (χ0n) is 15.0. The molecule has 4 rings (SSSR count). The molecule has 29 heavy (non-hydrogen) atoms. The van der Waals surface area contributed by atoms with E-state index in [-0.39, 0.29) is 22.3 Å². The molecule has 7 heteroatoms. The number of furan rings is 1. The number of nitro groups is 1. The average Bonchev–Trinajstić information content (AvgIpc) is 3.13. The summed E-state index contributed by atoms with van der Waals surface area (Å²) in [5.74, 6) is -1.90. The molecule has 0 aliphatic rings. The van der Waals surface area contributed by atoms with Crippen LogP contribution in [-0.2, 0) is 10.4 Å². The SMILES string of the molecule is O=C(O)C(O)(c1ccccc1)c1ccc2oc([N+](=O)[O-])c(-c3ccccc3)c2c1. The summed E-state index contributed by atoms with van der Waals surface area (Å²) in [6.07, 6.45) is 0. The van der Waals surface area contributed by atoms with Gasteiger partial charge in [-0.05, 0) is 23.3 Å². The quantitative estimate of drug-likeness (QED) is 0.388. The van der Waals surface area contributed by atoms with Crippen LogP contribution in [0.1, 0.15) is 11.1 Å². The number of carbonyl (C=O) groups is 1. The molecule has 1 unspecified atom stereocenters. The van der Waals surface area contributed by atoms with Crippen molar-refractivity contribution in [2.24, 2.45) is 0 Å². The molecule has 0 bridgehead atoms. The zero-order valence-corrected chi connectivity index (χ0v) is 15.0. The molecule has 0 aliphatic heterocycles. The predicted octanol–water partition coefficient (Wildman–Crippen LogP) is 4.33. The Bertz CT molecular complexity index is 1220. The molecular weight excluding hydrogens is 374 g/mol. The van der Waals surface area contributed by atoms with Gasteiger partial charge in [-0.15, -0.1) is 0 Å². The molecule has 0 saturated carbocycles. The van der Waals surface area contributed by atoms with Crippen molar-refractivity contribution in [3.8, 4) is 11.1 Å². The Kier molecular flexibility index (Phi) is 4.37. The van der Waals surface area contributed by atoms with Gasteiger partial charge in [0.1, 0.15) is 16.1 Å². The molecule has 4 aromatic rings. The van der Waals surface area contributed by atoms with Crippen LogP contribution >= 0.6 is 0 Å². The summed E-state index contributed by atoms with van der Waals surface area (Å²) in [6, 6.07) is 20.9. The molecule has 1 aromatic heterocycles. The lowest BCUT2D eigenvalue weighted by atomic mass is 9.85. The Balaban J connectivity index is 2.01. The standard InChI is InChI=1S/C22H15NO6/c24-21(25)22(26,15-9-5-2-6-10-15)16-11-12-18-17(13-16)19(20(29-18)23(27)28)14-7-3-1-4-8-14/h1-13,26H,(H,24,25). The second kappa shape index (κ2) is 6.88. The number of hydrogen-bond donors (Lipinski definition) is 2. The first-order chi connectivity index (χ1) is 13.9. The monoisotopic (exact) mass is 389 g/mol. The third-order valence-electron chi connectivity index (χ3n) is 4.82. The van der Waals surface area contributed by atoms with E-state index in [9.17, 15) is 25.1 Å². The van der Waals surface area contributed by atoms with Crippen LogP contribution in [0.3, 0.4) is 0 Å². The molecule has 1 atom stereocenters.